The van der Waals surface area contributed by atoms with Gasteiger partial charge in [-0.3, -0.25) is 4.68 Å². The zero-order valence-corrected chi connectivity index (χ0v) is 9.39. The van der Waals surface area contributed by atoms with Crippen molar-refractivity contribution < 1.29 is 0 Å². The molecule has 2 rings (SSSR count). The van der Waals surface area contributed by atoms with Gasteiger partial charge in [0.05, 0.1) is 5.69 Å². The van der Waals surface area contributed by atoms with Crippen LogP contribution in [0.15, 0.2) is 12.3 Å². The van der Waals surface area contributed by atoms with Crippen LogP contribution in [0.1, 0.15) is 12.1 Å². The Kier molecular flexibility index (Phi) is 3.48. The topological polar surface area (TPSA) is 29.9 Å². The second-order valence-electron chi connectivity index (χ2n) is 3.75. The van der Waals surface area contributed by atoms with Crippen molar-refractivity contribution in [3.05, 3.63) is 18.0 Å². The molecule has 1 atom stereocenters. The van der Waals surface area contributed by atoms with Gasteiger partial charge in [0.15, 0.2) is 0 Å². The number of thioether (sulfide) groups is 1. The normalized spacial score (nSPS) is 21.6. The molecule has 78 valence electrons. The van der Waals surface area contributed by atoms with Crippen LogP contribution in [0.5, 0.6) is 0 Å². The highest BCUT2D eigenvalue weighted by Crippen LogP contribution is 2.16. The Morgan fingerprint density at radius 3 is 3.29 bits per heavy atom. The average Bonchev–Trinajstić information content (AvgIpc) is 2.77. The summed E-state index contributed by atoms with van der Waals surface area (Å²) < 4.78 is 1.86. The molecule has 3 nitrogen and oxygen atoms in total. The van der Waals surface area contributed by atoms with Crippen molar-refractivity contribution in [2.24, 2.45) is 7.05 Å². The minimum absolute atomic E-state index is 0.740. The Labute approximate surface area is 89.3 Å². The SMILES string of the molecule is Cn1ccc(CCNC2CCSC2)n1. The number of hydrogen-bond donors (Lipinski definition) is 1. The summed E-state index contributed by atoms with van der Waals surface area (Å²) in [6.07, 6.45) is 4.37. The summed E-state index contributed by atoms with van der Waals surface area (Å²) in [5.74, 6) is 2.60. The van der Waals surface area contributed by atoms with Crippen molar-refractivity contribution in [3.63, 3.8) is 0 Å². The van der Waals surface area contributed by atoms with Gasteiger partial charge in [-0.2, -0.15) is 16.9 Å². The molecule has 1 fully saturated rings. The Hall–Kier alpha value is -0.480. The molecule has 4 heteroatoms. The van der Waals surface area contributed by atoms with E-state index in [-0.39, 0.29) is 0 Å². The fourth-order valence-corrected chi connectivity index (χ4v) is 2.88. The molecular formula is C10H17N3S. The van der Waals surface area contributed by atoms with Crippen molar-refractivity contribution in [2.45, 2.75) is 18.9 Å². The highest BCUT2D eigenvalue weighted by molar-refractivity contribution is 7.99. The molecule has 0 aliphatic carbocycles. The predicted octanol–water partition coefficient (Wildman–Crippen LogP) is 1.06. The summed E-state index contributed by atoms with van der Waals surface area (Å²) in [7, 11) is 1.96. The first kappa shape index (κ1) is 10.1. The zero-order valence-electron chi connectivity index (χ0n) is 8.57. The summed E-state index contributed by atoms with van der Waals surface area (Å²) in [6.45, 7) is 1.06. The lowest BCUT2D eigenvalue weighted by atomic mass is 10.2. The molecule has 1 aliphatic rings. The summed E-state index contributed by atoms with van der Waals surface area (Å²) in [5.41, 5.74) is 1.19. The quantitative estimate of drug-likeness (QED) is 0.807. The van der Waals surface area contributed by atoms with Gasteiger partial charge in [-0.15, -0.1) is 0 Å². The van der Waals surface area contributed by atoms with E-state index in [0.29, 0.717) is 0 Å². The molecule has 0 bridgehead atoms. The first-order valence-electron chi connectivity index (χ1n) is 5.14. The molecular weight excluding hydrogens is 194 g/mol. The fourth-order valence-electron chi connectivity index (χ4n) is 1.70. The summed E-state index contributed by atoms with van der Waals surface area (Å²) in [6, 6.07) is 2.83. The largest absolute Gasteiger partial charge is 0.313 e. The molecule has 14 heavy (non-hydrogen) atoms. The minimum atomic E-state index is 0.740. The lowest BCUT2D eigenvalue weighted by Gasteiger charge is -2.09. The van der Waals surface area contributed by atoms with Crippen LogP contribution in [0.2, 0.25) is 0 Å². The fraction of sp³-hybridized carbons (Fsp3) is 0.700. The third-order valence-corrected chi connectivity index (χ3v) is 3.68. The molecule has 0 saturated carbocycles. The predicted molar refractivity (Wildman–Crippen MR) is 60.6 cm³/mol. The first-order chi connectivity index (χ1) is 6.84. The lowest BCUT2D eigenvalue weighted by Crippen LogP contribution is -2.30. The van der Waals surface area contributed by atoms with Crippen molar-refractivity contribution in [3.8, 4) is 0 Å². The van der Waals surface area contributed by atoms with E-state index in [0.717, 1.165) is 19.0 Å². The van der Waals surface area contributed by atoms with Crippen LogP contribution < -0.4 is 5.32 Å². The molecule has 1 N–H and O–H groups in total. The molecule has 1 aromatic heterocycles. The Morgan fingerprint density at radius 2 is 2.64 bits per heavy atom. The highest BCUT2D eigenvalue weighted by Gasteiger charge is 2.13. The van der Waals surface area contributed by atoms with Crippen LogP contribution in [-0.2, 0) is 13.5 Å². The third kappa shape index (κ3) is 2.75. The van der Waals surface area contributed by atoms with Gasteiger partial charge in [0.25, 0.3) is 0 Å². The molecule has 0 aromatic carbocycles. The Bertz CT molecular complexity index is 279. The maximum absolute atomic E-state index is 4.35. The van der Waals surface area contributed by atoms with Crippen molar-refractivity contribution >= 4 is 11.8 Å². The number of rotatable bonds is 4. The van der Waals surface area contributed by atoms with Gasteiger partial charge in [0, 0.05) is 38.0 Å². The summed E-state index contributed by atoms with van der Waals surface area (Å²) >= 11 is 2.05. The van der Waals surface area contributed by atoms with E-state index >= 15 is 0 Å². The van der Waals surface area contributed by atoms with Gasteiger partial charge >= 0.3 is 0 Å². The van der Waals surface area contributed by atoms with Gasteiger partial charge in [-0.05, 0) is 18.2 Å². The van der Waals surface area contributed by atoms with Crippen LogP contribution in [-0.4, -0.2) is 33.9 Å². The van der Waals surface area contributed by atoms with E-state index in [4.69, 9.17) is 0 Å². The van der Waals surface area contributed by atoms with Crippen LogP contribution in [0.4, 0.5) is 0 Å². The minimum Gasteiger partial charge on any atom is -0.313 e. The number of nitrogens with one attached hydrogen (secondary N) is 1. The lowest BCUT2D eigenvalue weighted by molar-refractivity contribution is 0.556. The molecule has 1 saturated heterocycles. The zero-order chi connectivity index (χ0) is 9.80. The van der Waals surface area contributed by atoms with E-state index in [1.54, 1.807) is 0 Å². The van der Waals surface area contributed by atoms with Crippen LogP contribution in [0.3, 0.4) is 0 Å². The third-order valence-electron chi connectivity index (χ3n) is 2.51. The second kappa shape index (κ2) is 4.84. The summed E-state index contributed by atoms with van der Waals surface area (Å²) in [4.78, 5) is 0. The Morgan fingerprint density at radius 1 is 1.71 bits per heavy atom. The van der Waals surface area contributed by atoms with Gasteiger partial charge in [0.1, 0.15) is 0 Å². The van der Waals surface area contributed by atoms with Gasteiger partial charge in [0.2, 0.25) is 0 Å². The molecule has 1 aromatic rings. The molecule has 1 unspecified atom stereocenters. The molecule has 0 amide bonds. The van der Waals surface area contributed by atoms with Crippen LogP contribution >= 0.6 is 11.8 Å². The molecule has 2 heterocycles. The number of hydrogen-bond acceptors (Lipinski definition) is 3. The maximum Gasteiger partial charge on any atom is 0.0637 e. The molecule has 0 radical (unpaired) electrons. The number of aryl methyl sites for hydroxylation is 1. The average molecular weight is 211 g/mol. The van der Waals surface area contributed by atoms with Gasteiger partial charge in [-0.25, -0.2) is 0 Å². The highest BCUT2D eigenvalue weighted by atomic mass is 32.2. The first-order valence-corrected chi connectivity index (χ1v) is 6.30. The van der Waals surface area contributed by atoms with E-state index < -0.39 is 0 Å². The molecule has 1 aliphatic heterocycles. The van der Waals surface area contributed by atoms with Gasteiger partial charge < -0.3 is 5.32 Å². The Balaban J connectivity index is 1.67. The maximum atomic E-state index is 4.35. The standard InChI is InChI=1S/C10H17N3S/c1-13-6-3-9(12-13)2-5-11-10-4-7-14-8-10/h3,6,10-11H,2,4-5,7-8H2,1H3. The van der Waals surface area contributed by atoms with E-state index in [2.05, 4.69) is 28.2 Å². The monoisotopic (exact) mass is 211 g/mol. The van der Waals surface area contributed by atoms with Gasteiger partial charge in [-0.1, -0.05) is 0 Å². The smallest absolute Gasteiger partial charge is 0.0637 e. The van der Waals surface area contributed by atoms with Crippen molar-refractivity contribution in [2.75, 3.05) is 18.1 Å². The second-order valence-corrected chi connectivity index (χ2v) is 4.90. The van der Waals surface area contributed by atoms with Crippen LogP contribution in [0, 0.1) is 0 Å². The summed E-state index contributed by atoms with van der Waals surface area (Å²) in [5, 5.41) is 7.92. The molecule has 0 spiro atoms. The number of nitrogens with zero attached hydrogens (tertiary/aromatic N) is 2. The van der Waals surface area contributed by atoms with Crippen molar-refractivity contribution in [1.29, 1.82) is 0 Å². The van der Waals surface area contributed by atoms with E-state index in [9.17, 15) is 0 Å². The van der Waals surface area contributed by atoms with E-state index in [1.807, 2.05) is 17.9 Å². The van der Waals surface area contributed by atoms with E-state index in [1.165, 1.54) is 23.6 Å². The van der Waals surface area contributed by atoms with Crippen molar-refractivity contribution in [1.82, 2.24) is 15.1 Å². The number of aromatic nitrogens is 2. The van der Waals surface area contributed by atoms with Crippen LogP contribution in [0.25, 0.3) is 0 Å².